The van der Waals surface area contributed by atoms with Crippen molar-refractivity contribution in [3.63, 3.8) is 0 Å². The zero-order valence-electron chi connectivity index (χ0n) is 14.7. The van der Waals surface area contributed by atoms with Gasteiger partial charge in [-0.15, -0.1) is 0 Å². The molecule has 27 heavy (non-hydrogen) atoms. The van der Waals surface area contributed by atoms with Crippen LogP contribution in [0.4, 0.5) is 0 Å². The summed E-state index contributed by atoms with van der Waals surface area (Å²) in [6, 6.07) is 13.4. The SMILES string of the molecule is CC1(C)OC(=O)C(C(c2ccccc2)C(C#N)C(N)=C(C#N)C#N)C(=O)O1. The first-order valence-corrected chi connectivity index (χ1v) is 7.95. The summed E-state index contributed by atoms with van der Waals surface area (Å²) >= 11 is 0. The number of nitriles is 3. The van der Waals surface area contributed by atoms with Gasteiger partial charge in [-0.2, -0.15) is 15.8 Å². The lowest BCUT2D eigenvalue weighted by molar-refractivity contribution is -0.241. The Morgan fingerprint density at radius 3 is 2.04 bits per heavy atom. The summed E-state index contributed by atoms with van der Waals surface area (Å²) in [7, 11) is 0. The van der Waals surface area contributed by atoms with Crippen molar-refractivity contribution in [1.82, 2.24) is 0 Å². The van der Waals surface area contributed by atoms with E-state index in [4.69, 9.17) is 25.7 Å². The van der Waals surface area contributed by atoms with Crippen molar-refractivity contribution >= 4 is 11.9 Å². The van der Waals surface area contributed by atoms with Gasteiger partial charge >= 0.3 is 11.9 Å². The third kappa shape index (κ3) is 3.89. The quantitative estimate of drug-likeness (QED) is 0.481. The van der Waals surface area contributed by atoms with Crippen molar-refractivity contribution in [2.45, 2.75) is 25.6 Å². The summed E-state index contributed by atoms with van der Waals surface area (Å²) in [6.07, 6.45) is 0. The first-order chi connectivity index (χ1) is 12.8. The smallest absolute Gasteiger partial charge is 0.324 e. The molecular weight excluding hydrogens is 348 g/mol. The third-order valence-electron chi connectivity index (χ3n) is 4.09. The average Bonchev–Trinajstić information content (AvgIpc) is 2.61. The van der Waals surface area contributed by atoms with Crippen LogP contribution in [0.5, 0.6) is 0 Å². The van der Waals surface area contributed by atoms with Crippen LogP contribution in [0.25, 0.3) is 0 Å². The highest BCUT2D eigenvalue weighted by Crippen LogP contribution is 2.40. The monoisotopic (exact) mass is 364 g/mol. The van der Waals surface area contributed by atoms with Crippen LogP contribution in [0, 0.1) is 45.8 Å². The summed E-state index contributed by atoms with van der Waals surface area (Å²) in [6.45, 7) is 2.83. The molecule has 1 heterocycles. The molecule has 2 rings (SSSR count). The normalized spacial score (nSPS) is 17.9. The Kier molecular flexibility index (Phi) is 5.48. The van der Waals surface area contributed by atoms with Gasteiger partial charge in [-0.1, -0.05) is 30.3 Å². The predicted octanol–water partition coefficient (Wildman–Crippen LogP) is 1.62. The van der Waals surface area contributed by atoms with Crippen molar-refractivity contribution in [2.24, 2.45) is 17.6 Å². The highest BCUT2D eigenvalue weighted by Gasteiger charge is 2.50. The van der Waals surface area contributed by atoms with Crippen LogP contribution in [0.3, 0.4) is 0 Å². The molecule has 1 aromatic carbocycles. The van der Waals surface area contributed by atoms with E-state index in [1.807, 2.05) is 6.07 Å². The minimum atomic E-state index is -1.47. The van der Waals surface area contributed by atoms with Crippen molar-refractivity contribution in [3.05, 3.63) is 47.2 Å². The second-order valence-corrected chi connectivity index (χ2v) is 6.32. The van der Waals surface area contributed by atoms with Crippen LogP contribution in [0.2, 0.25) is 0 Å². The molecule has 0 aliphatic carbocycles. The molecule has 0 radical (unpaired) electrons. The molecule has 0 amide bonds. The van der Waals surface area contributed by atoms with Crippen molar-refractivity contribution in [2.75, 3.05) is 0 Å². The number of hydrogen-bond acceptors (Lipinski definition) is 8. The number of cyclic esters (lactones) is 2. The fraction of sp³-hybridized carbons (Fsp3) is 0.316. The van der Waals surface area contributed by atoms with Crippen molar-refractivity contribution in [3.8, 4) is 18.2 Å². The van der Waals surface area contributed by atoms with Gasteiger partial charge in [0.25, 0.3) is 5.79 Å². The van der Waals surface area contributed by atoms with E-state index in [9.17, 15) is 14.9 Å². The van der Waals surface area contributed by atoms with Gasteiger partial charge in [0, 0.05) is 19.8 Å². The molecule has 2 unspecified atom stereocenters. The lowest BCUT2D eigenvalue weighted by atomic mass is 9.75. The molecule has 1 fully saturated rings. The van der Waals surface area contributed by atoms with Crippen LogP contribution in [0.1, 0.15) is 25.3 Å². The summed E-state index contributed by atoms with van der Waals surface area (Å²) < 4.78 is 10.3. The summed E-state index contributed by atoms with van der Waals surface area (Å²) in [5, 5.41) is 27.8. The van der Waals surface area contributed by atoms with E-state index in [0.29, 0.717) is 5.56 Å². The zero-order chi connectivity index (χ0) is 20.2. The lowest BCUT2D eigenvalue weighted by Gasteiger charge is -2.37. The van der Waals surface area contributed by atoms with Crippen molar-refractivity contribution in [1.29, 1.82) is 15.8 Å². The summed E-state index contributed by atoms with van der Waals surface area (Å²) in [5.74, 6) is -7.03. The highest BCUT2D eigenvalue weighted by molar-refractivity contribution is 5.98. The Bertz CT molecular complexity index is 880. The van der Waals surface area contributed by atoms with Crippen LogP contribution in [-0.2, 0) is 19.1 Å². The van der Waals surface area contributed by atoms with Crippen LogP contribution < -0.4 is 5.73 Å². The van der Waals surface area contributed by atoms with E-state index in [1.54, 1.807) is 42.5 Å². The fourth-order valence-corrected chi connectivity index (χ4v) is 2.93. The number of carbonyl (C=O) groups is 2. The first-order valence-electron chi connectivity index (χ1n) is 7.95. The minimum Gasteiger partial charge on any atom is -0.422 e. The first kappa shape index (κ1) is 19.5. The summed E-state index contributed by atoms with van der Waals surface area (Å²) in [5.41, 5.74) is 5.56. The van der Waals surface area contributed by atoms with Crippen molar-refractivity contribution < 1.29 is 19.1 Å². The minimum absolute atomic E-state index is 0.318. The lowest BCUT2D eigenvalue weighted by Crippen LogP contribution is -2.49. The molecule has 0 spiro atoms. The third-order valence-corrected chi connectivity index (χ3v) is 4.09. The molecule has 1 aromatic rings. The Labute approximate surface area is 156 Å². The molecule has 1 aliphatic rings. The van der Waals surface area contributed by atoms with Gasteiger partial charge < -0.3 is 15.2 Å². The number of rotatable bonds is 4. The van der Waals surface area contributed by atoms with E-state index in [-0.39, 0.29) is 5.70 Å². The number of carbonyl (C=O) groups excluding carboxylic acids is 2. The molecule has 1 saturated heterocycles. The molecule has 8 nitrogen and oxygen atoms in total. The maximum atomic E-state index is 12.6. The molecule has 2 N–H and O–H groups in total. The number of hydrogen-bond donors (Lipinski definition) is 1. The largest absolute Gasteiger partial charge is 0.422 e. The van der Waals surface area contributed by atoms with Gasteiger partial charge in [-0.25, -0.2) is 0 Å². The highest BCUT2D eigenvalue weighted by atomic mass is 16.7. The van der Waals surface area contributed by atoms with Crippen LogP contribution in [-0.4, -0.2) is 17.7 Å². The molecule has 2 atom stereocenters. The number of allylic oxidation sites excluding steroid dienone is 2. The fourth-order valence-electron chi connectivity index (χ4n) is 2.93. The maximum absolute atomic E-state index is 12.6. The van der Waals surface area contributed by atoms with Gasteiger partial charge in [0.05, 0.1) is 17.7 Å². The Hall–Kier alpha value is -3.83. The van der Waals surface area contributed by atoms with E-state index >= 15 is 0 Å². The Morgan fingerprint density at radius 1 is 1.07 bits per heavy atom. The maximum Gasteiger partial charge on any atom is 0.324 e. The standard InChI is InChI=1S/C19H16N4O4/c1-19(2)26-17(24)15(18(25)27-19)14(11-6-4-3-5-7-11)13(10-22)16(23)12(8-20)9-21/h3-7,13-15H,23H2,1-2H3. The van der Waals surface area contributed by atoms with Crippen LogP contribution in [0.15, 0.2) is 41.6 Å². The predicted molar refractivity (Wildman–Crippen MR) is 90.5 cm³/mol. The van der Waals surface area contributed by atoms with Gasteiger partial charge in [-0.3, -0.25) is 9.59 Å². The number of nitrogens with zero attached hydrogens (tertiary/aromatic N) is 3. The van der Waals surface area contributed by atoms with Gasteiger partial charge in [0.1, 0.15) is 17.7 Å². The van der Waals surface area contributed by atoms with E-state index in [2.05, 4.69) is 0 Å². The molecular formula is C19H16N4O4. The number of nitrogens with two attached hydrogens (primary N) is 1. The van der Waals surface area contributed by atoms with E-state index in [0.717, 1.165) is 0 Å². The second kappa shape index (κ2) is 7.59. The molecule has 0 aromatic heterocycles. The Morgan fingerprint density at radius 2 is 1.59 bits per heavy atom. The second-order valence-electron chi connectivity index (χ2n) is 6.32. The van der Waals surface area contributed by atoms with E-state index < -0.39 is 41.1 Å². The molecule has 8 heteroatoms. The molecule has 0 saturated carbocycles. The van der Waals surface area contributed by atoms with Gasteiger partial charge in [0.15, 0.2) is 5.92 Å². The number of esters is 2. The molecule has 0 bridgehead atoms. The topological polar surface area (TPSA) is 150 Å². The number of ether oxygens (including phenoxy) is 2. The van der Waals surface area contributed by atoms with Gasteiger partial charge in [0.2, 0.25) is 0 Å². The van der Waals surface area contributed by atoms with Crippen LogP contribution >= 0.6 is 0 Å². The van der Waals surface area contributed by atoms with Gasteiger partial charge in [-0.05, 0) is 5.56 Å². The summed E-state index contributed by atoms with van der Waals surface area (Å²) in [4.78, 5) is 25.1. The molecule has 1 aliphatic heterocycles. The molecule has 136 valence electrons. The van der Waals surface area contributed by atoms with E-state index in [1.165, 1.54) is 13.8 Å². The average molecular weight is 364 g/mol. The number of benzene rings is 1. The Balaban J connectivity index is 2.64. The zero-order valence-corrected chi connectivity index (χ0v) is 14.7.